The zero-order valence-electron chi connectivity index (χ0n) is 12.6. The largest absolute Gasteiger partial charge is 0.351 e. The van der Waals surface area contributed by atoms with Crippen LogP contribution in [0.25, 0.3) is 0 Å². The number of hydrogen-bond donors (Lipinski definition) is 1. The van der Waals surface area contributed by atoms with E-state index in [1.807, 2.05) is 6.20 Å². The fourth-order valence-electron chi connectivity index (χ4n) is 2.53. The van der Waals surface area contributed by atoms with Crippen molar-refractivity contribution in [1.82, 2.24) is 15.5 Å². The van der Waals surface area contributed by atoms with Crippen LogP contribution in [0.3, 0.4) is 0 Å². The molecule has 1 aliphatic rings. The van der Waals surface area contributed by atoms with Crippen LogP contribution in [0.5, 0.6) is 0 Å². The minimum absolute atomic E-state index is 0.168. The first-order valence-electron chi connectivity index (χ1n) is 7.27. The highest BCUT2D eigenvalue weighted by Gasteiger charge is 2.25. The molecule has 0 radical (unpaired) electrons. The fourth-order valence-corrected chi connectivity index (χ4v) is 2.53. The number of hydrogen-bond acceptors (Lipinski definition) is 4. The lowest BCUT2D eigenvalue weighted by Gasteiger charge is -2.38. The molecule has 1 N–H and O–H groups in total. The van der Waals surface area contributed by atoms with Crippen LogP contribution in [0.1, 0.15) is 45.6 Å². The third kappa shape index (κ3) is 4.16. The van der Waals surface area contributed by atoms with E-state index in [1.165, 1.54) is 24.8 Å². The molecular weight excluding hydrogens is 236 g/mol. The molecule has 0 saturated carbocycles. The van der Waals surface area contributed by atoms with E-state index in [1.54, 1.807) is 0 Å². The third-order valence-electron chi connectivity index (χ3n) is 3.57. The second kappa shape index (κ2) is 5.87. The lowest BCUT2D eigenvalue weighted by Crippen LogP contribution is -2.50. The van der Waals surface area contributed by atoms with Gasteiger partial charge in [-0.15, -0.1) is 5.10 Å². The monoisotopic (exact) mass is 262 g/mol. The van der Waals surface area contributed by atoms with E-state index in [9.17, 15) is 0 Å². The molecule has 2 heterocycles. The summed E-state index contributed by atoms with van der Waals surface area (Å²) >= 11 is 0. The molecule has 1 aliphatic heterocycles. The molecule has 4 nitrogen and oxygen atoms in total. The fraction of sp³-hybridized carbons (Fsp3) is 0.733. The first-order valence-corrected chi connectivity index (χ1v) is 7.27. The van der Waals surface area contributed by atoms with Gasteiger partial charge in [0.1, 0.15) is 0 Å². The Hall–Kier alpha value is -1.16. The number of rotatable bonds is 3. The number of aryl methyl sites for hydroxylation is 1. The second-order valence-corrected chi connectivity index (χ2v) is 6.57. The Kier molecular flexibility index (Phi) is 4.40. The van der Waals surface area contributed by atoms with E-state index in [0.29, 0.717) is 6.04 Å². The Morgan fingerprint density at radius 3 is 2.84 bits per heavy atom. The van der Waals surface area contributed by atoms with Gasteiger partial charge in [0.15, 0.2) is 5.82 Å². The molecule has 0 aliphatic carbocycles. The van der Waals surface area contributed by atoms with Crippen LogP contribution < -0.4 is 10.2 Å². The van der Waals surface area contributed by atoms with Crippen molar-refractivity contribution in [3.63, 3.8) is 0 Å². The summed E-state index contributed by atoms with van der Waals surface area (Å²) in [7, 11) is 0. The van der Waals surface area contributed by atoms with Crippen molar-refractivity contribution in [3.8, 4) is 0 Å². The predicted octanol–water partition coefficient (Wildman–Crippen LogP) is 2.53. The normalized spacial score (nSPS) is 20.6. The van der Waals surface area contributed by atoms with Gasteiger partial charge in [-0.2, -0.15) is 5.10 Å². The number of nitrogens with zero attached hydrogens (tertiary/aromatic N) is 3. The number of aromatic nitrogens is 2. The quantitative estimate of drug-likeness (QED) is 0.909. The highest BCUT2D eigenvalue weighted by Crippen LogP contribution is 2.23. The molecule has 4 heteroatoms. The van der Waals surface area contributed by atoms with Crippen molar-refractivity contribution in [2.45, 2.75) is 58.5 Å². The molecule has 19 heavy (non-hydrogen) atoms. The number of piperidine rings is 1. The summed E-state index contributed by atoms with van der Waals surface area (Å²) in [5.74, 6) is 1.03. The van der Waals surface area contributed by atoms with Crippen molar-refractivity contribution in [3.05, 3.63) is 17.8 Å². The van der Waals surface area contributed by atoms with Gasteiger partial charge in [-0.3, -0.25) is 0 Å². The Balaban J connectivity index is 2.07. The van der Waals surface area contributed by atoms with Gasteiger partial charge in [0.25, 0.3) is 0 Å². The summed E-state index contributed by atoms with van der Waals surface area (Å²) in [5, 5.41) is 12.0. The molecule has 106 valence electrons. The lowest BCUT2D eigenvalue weighted by atomic mass is 10.0. The maximum absolute atomic E-state index is 4.31. The molecule has 1 unspecified atom stereocenters. The Labute approximate surface area is 116 Å². The zero-order chi connectivity index (χ0) is 13.9. The summed E-state index contributed by atoms with van der Waals surface area (Å²) in [6.07, 6.45) is 5.61. The molecule has 1 atom stereocenters. The molecule has 0 spiro atoms. The van der Waals surface area contributed by atoms with Crippen LogP contribution in [0.15, 0.2) is 12.3 Å². The summed E-state index contributed by atoms with van der Waals surface area (Å²) in [6.45, 7) is 10.8. The van der Waals surface area contributed by atoms with Gasteiger partial charge < -0.3 is 10.2 Å². The Morgan fingerprint density at radius 1 is 1.37 bits per heavy atom. The van der Waals surface area contributed by atoms with Crippen LogP contribution in [-0.4, -0.2) is 34.9 Å². The van der Waals surface area contributed by atoms with Crippen molar-refractivity contribution < 1.29 is 0 Å². The maximum Gasteiger partial charge on any atom is 0.151 e. The van der Waals surface area contributed by atoms with Crippen molar-refractivity contribution in [1.29, 1.82) is 0 Å². The van der Waals surface area contributed by atoms with Crippen molar-refractivity contribution in [2.75, 3.05) is 18.0 Å². The molecule has 0 aromatic carbocycles. The highest BCUT2D eigenvalue weighted by atomic mass is 15.3. The zero-order valence-corrected chi connectivity index (χ0v) is 12.6. The molecular formula is C15H26N4. The van der Waals surface area contributed by atoms with Gasteiger partial charge in [-0.05, 0) is 58.6 Å². The smallest absolute Gasteiger partial charge is 0.151 e. The minimum atomic E-state index is 0.168. The van der Waals surface area contributed by atoms with E-state index >= 15 is 0 Å². The first-order chi connectivity index (χ1) is 8.96. The Bertz CT molecular complexity index is 411. The molecule has 0 bridgehead atoms. The summed E-state index contributed by atoms with van der Waals surface area (Å²) in [6, 6.07) is 2.67. The maximum atomic E-state index is 4.31. The van der Waals surface area contributed by atoms with Crippen molar-refractivity contribution in [2.24, 2.45) is 0 Å². The van der Waals surface area contributed by atoms with Crippen LogP contribution in [0.2, 0.25) is 0 Å². The Morgan fingerprint density at radius 2 is 2.16 bits per heavy atom. The van der Waals surface area contributed by atoms with E-state index in [-0.39, 0.29) is 5.54 Å². The van der Waals surface area contributed by atoms with Crippen LogP contribution in [0, 0.1) is 6.92 Å². The summed E-state index contributed by atoms with van der Waals surface area (Å²) in [5.41, 5.74) is 1.35. The number of anilines is 1. The topological polar surface area (TPSA) is 41.1 Å². The van der Waals surface area contributed by atoms with Crippen LogP contribution in [-0.2, 0) is 0 Å². The SMILES string of the molecule is Cc1cnnc(N2CCCCC2CNC(C)(C)C)c1. The van der Waals surface area contributed by atoms with E-state index < -0.39 is 0 Å². The molecule has 1 fully saturated rings. The summed E-state index contributed by atoms with van der Waals surface area (Å²) in [4.78, 5) is 2.42. The molecule has 1 aromatic heterocycles. The van der Waals surface area contributed by atoms with Crippen LogP contribution >= 0.6 is 0 Å². The molecule has 1 saturated heterocycles. The standard InChI is InChI=1S/C15H26N4/c1-12-9-14(18-17-10-12)19-8-6-5-7-13(19)11-16-15(2,3)4/h9-10,13,16H,5-8,11H2,1-4H3. The predicted molar refractivity (Wildman–Crippen MR) is 79.5 cm³/mol. The third-order valence-corrected chi connectivity index (χ3v) is 3.57. The first kappa shape index (κ1) is 14.3. The molecule has 0 amide bonds. The summed E-state index contributed by atoms with van der Waals surface area (Å²) < 4.78 is 0. The van der Waals surface area contributed by atoms with E-state index in [0.717, 1.165) is 18.9 Å². The average molecular weight is 262 g/mol. The van der Waals surface area contributed by atoms with Gasteiger partial charge in [0.05, 0.1) is 6.20 Å². The number of nitrogens with one attached hydrogen (secondary N) is 1. The highest BCUT2D eigenvalue weighted by molar-refractivity contribution is 5.41. The van der Waals surface area contributed by atoms with Gasteiger partial charge in [0.2, 0.25) is 0 Å². The van der Waals surface area contributed by atoms with Gasteiger partial charge >= 0.3 is 0 Å². The van der Waals surface area contributed by atoms with Gasteiger partial charge in [0, 0.05) is 24.7 Å². The van der Waals surface area contributed by atoms with Gasteiger partial charge in [-0.25, -0.2) is 0 Å². The van der Waals surface area contributed by atoms with E-state index in [2.05, 4.69) is 54.2 Å². The average Bonchev–Trinajstić information content (AvgIpc) is 2.36. The minimum Gasteiger partial charge on any atom is -0.351 e. The molecule has 2 rings (SSSR count). The lowest BCUT2D eigenvalue weighted by molar-refractivity contribution is 0.365. The molecule has 1 aromatic rings. The van der Waals surface area contributed by atoms with Crippen molar-refractivity contribution >= 4 is 5.82 Å². The van der Waals surface area contributed by atoms with Crippen LogP contribution in [0.4, 0.5) is 5.82 Å². The second-order valence-electron chi connectivity index (χ2n) is 6.57. The van der Waals surface area contributed by atoms with E-state index in [4.69, 9.17) is 0 Å². The van der Waals surface area contributed by atoms with Gasteiger partial charge in [-0.1, -0.05) is 0 Å².